The second kappa shape index (κ2) is 3.30. The van der Waals surface area contributed by atoms with Crippen molar-refractivity contribution in [2.24, 2.45) is 7.05 Å². The molecule has 0 aliphatic carbocycles. The third-order valence-corrected chi connectivity index (χ3v) is 1.73. The first-order chi connectivity index (χ1) is 6.78. The van der Waals surface area contributed by atoms with E-state index in [-0.39, 0.29) is 5.82 Å². The van der Waals surface area contributed by atoms with E-state index in [0.29, 0.717) is 6.54 Å². The maximum atomic E-state index is 8.51. The highest BCUT2D eigenvalue weighted by atomic mass is 15.3. The third kappa shape index (κ3) is 1.61. The normalized spacial score (nSPS) is 10.0. The minimum atomic E-state index is 0.181. The Morgan fingerprint density at radius 3 is 2.93 bits per heavy atom. The molecular formula is C8H8N6. The summed E-state index contributed by atoms with van der Waals surface area (Å²) >= 11 is 0. The van der Waals surface area contributed by atoms with Gasteiger partial charge in [-0.3, -0.25) is 4.68 Å². The molecule has 0 spiro atoms. The highest BCUT2D eigenvalue weighted by molar-refractivity contribution is 5.06. The molecule has 0 bridgehead atoms. The van der Waals surface area contributed by atoms with Gasteiger partial charge in [0.2, 0.25) is 0 Å². The Kier molecular flexibility index (Phi) is 1.99. The lowest BCUT2D eigenvalue weighted by Crippen LogP contribution is -2.02. The van der Waals surface area contributed by atoms with Gasteiger partial charge in [-0.2, -0.15) is 10.4 Å². The van der Waals surface area contributed by atoms with Crippen LogP contribution < -0.4 is 0 Å². The van der Waals surface area contributed by atoms with Crippen LogP contribution in [0, 0.1) is 11.3 Å². The number of nitrogens with zero attached hydrogens (tertiary/aromatic N) is 6. The molecular weight excluding hydrogens is 180 g/mol. The van der Waals surface area contributed by atoms with E-state index in [2.05, 4.69) is 15.2 Å². The molecule has 14 heavy (non-hydrogen) atoms. The van der Waals surface area contributed by atoms with Gasteiger partial charge in [0.15, 0.2) is 0 Å². The molecule has 0 aliphatic heterocycles. The largest absolute Gasteiger partial charge is 0.275 e. The van der Waals surface area contributed by atoms with Gasteiger partial charge < -0.3 is 0 Å². The molecule has 6 heteroatoms. The van der Waals surface area contributed by atoms with Crippen molar-refractivity contribution in [1.29, 1.82) is 5.26 Å². The van der Waals surface area contributed by atoms with Crippen molar-refractivity contribution < 1.29 is 0 Å². The van der Waals surface area contributed by atoms with Gasteiger partial charge in [0.25, 0.3) is 5.82 Å². The van der Waals surface area contributed by atoms with Crippen molar-refractivity contribution in [1.82, 2.24) is 24.5 Å². The van der Waals surface area contributed by atoms with Crippen LogP contribution >= 0.6 is 0 Å². The summed E-state index contributed by atoms with van der Waals surface area (Å²) in [5.74, 6) is 0.181. The summed E-state index contributed by atoms with van der Waals surface area (Å²) in [5.41, 5.74) is 0.891. The van der Waals surface area contributed by atoms with Crippen LogP contribution in [0.4, 0.5) is 0 Å². The predicted octanol–water partition coefficient (Wildman–Crippen LogP) is -0.0684. The highest BCUT2D eigenvalue weighted by Crippen LogP contribution is 1.97. The van der Waals surface area contributed by atoms with E-state index in [1.54, 1.807) is 9.36 Å². The molecule has 6 nitrogen and oxygen atoms in total. The van der Waals surface area contributed by atoms with Crippen LogP contribution in [-0.4, -0.2) is 24.5 Å². The Hall–Kier alpha value is -2.16. The fourth-order valence-electron chi connectivity index (χ4n) is 1.14. The van der Waals surface area contributed by atoms with Crippen LogP contribution in [0.25, 0.3) is 0 Å². The molecule has 0 aliphatic rings. The van der Waals surface area contributed by atoms with Crippen LogP contribution in [0.15, 0.2) is 18.6 Å². The lowest BCUT2D eigenvalue weighted by molar-refractivity contribution is 0.647. The molecule has 2 heterocycles. The van der Waals surface area contributed by atoms with Gasteiger partial charge in [0.05, 0.1) is 12.2 Å². The standard InChI is InChI=1S/C8H8N6/c1-13-3-2-7(11-13)5-14-6-10-8(4-9)12-14/h2-3,6H,5H2,1H3. The van der Waals surface area contributed by atoms with Gasteiger partial charge in [-0.05, 0) is 6.07 Å². The molecule has 0 unspecified atom stereocenters. The summed E-state index contributed by atoms with van der Waals surface area (Å²) in [6, 6.07) is 3.77. The number of hydrogen-bond donors (Lipinski definition) is 0. The van der Waals surface area contributed by atoms with Crippen LogP contribution in [-0.2, 0) is 13.6 Å². The summed E-state index contributed by atoms with van der Waals surface area (Å²) in [4.78, 5) is 3.79. The Bertz CT molecular complexity index is 474. The molecule has 2 aromatic rings. The quantitative estimate of drug-likeness (QED) is 0.661. The Morgan fingerprint density at radius 2 is 2.36 bits per heavy atom. The van der Waals surface area contributed by atoms with Gasteiger partial charge in [-0.25, -0.2) is 9.67 Å². The number of aryl methyl sites for hydroxylation is 1. The molecule has 0 radical (unpaired) electrons. The summed E-state index contributed by atoms with van der Waals surface area (Å²) in [6.07, 6.45) is 3.38. The third-order valence-electron chi connectivity index (χ3n) is 1.73. The van der Waals surface area contributed by atoms with Crippen molar-refractivity contribution in [3.63, 3.8) is 0 Å². The molecule has 0 fully saturated rings. The molecule has 2 rings (SSSR count). The molecule has 0 N–H and O–H groups in total. The maximum absolute atomic E-state index is 8.51. The topological polar surface area (TPSA) is 72.3 Å². The second-order valence-electron chi connectivity index (χ2n) is 2.86. The van der Waals surface area contributed by atoms with Gasteiger partial charge >= 0.3 is 0 Å². The van der Waals surface area contributed by atoms with Crippen LogP contribution in [0.1, 0.15) is 11.5 Å². The minimum absolute atomic E-state index is 0.181. The first-order valence-electron chi connectivity index (χ1n) is 4.06. The van der Waals surface area contributed by atoms with Crippen LogP contribution in [0.3, 0.4) is 0 Å². The second-order valence-corrected chi connectivity index (χ2v) is 2.86. The van der Waals surface area contributed by atoms with E-state index in [9.17, 15) is 0 Å². The zero-order chi connectivity index (χ0) is 9.97. The van der Waals surface area contributed by atoms with Gasteiger partial charge in [-0.15, -0.1) is 5.10 Å². The lowest BCUT2D eigenvalue weighted by atomic mass is 10.4. The van der Waals surface area contributed by atoms with Crippen molar-refractivity contribution in [3.8, 4) is 6.07 Å². The molecule has 70 valence electrons. The average Bonchev–Trinajstić information content (AvgIpc) is 2.76. The monoisotopic (exact) mass is 188 g/mol. The Morgan fingerprint density at radius 1 is 1.50 bits per heavy atom. The van der Waals surface area contributed by atoms with E-state index in [0.717, 1.165) is 5.69 Å². The fourth-order valence-corrected chi connectivity index (χ4v) is 1.14. The van der Waals surface area contributed by atoms with Gasteiger partial charge in [0.1, 0.15) is 12.4 Å². The molecule has 0 aromatic carbocycles. The summed E-state index contributed by atoms with van der Waals surface area (Å²) in [7, 11) is 1.85. The molecule has 0 amide bonds. The first kappa shape index (κ1) is 8.44. The van der Waals surface area contributed by atoms with E-state index in [4.69, 9.17) is 5.26 Å². The number of nitriles is 1. The minimum Gasteiger partial charge on any atom is -0.275 e. The summed E-state index contributed by atoms with van der Waals surface area (Å²) in [6.45, 7) is 0.537. The first-order valence-corrected chi connectivity index (χ1v) is 4.06. The molecule has 0 atom stereocenters. The zero-order valence-corrected chi connectivity index (χ0v) is 7.62. The van der Waals surface area contributed by atoms with E-state index in [1.165, 1.54) is 6.33 Å². The maximum Gasteiger partial charge on any atom is 0.252 e. The smallest absolute Gasteiger partial charge is 0.252 e. The molecule has 0 saturated carbocycles. The fraction of sp³-hybridized carbons (Fsp3) is 0.250. The molecule has 2 aromatic heterocycles. The van der Waals surface area contributed by atoms with Crippen molar-refractivity contribution in [3.05, 3.63) is 30.1 Å². The van der Waals surface area contributed by atoms with Gasteiger partial charge in [0, 0.05) is 13.2 Å². The number of aromatic nitrogens is 5. The average molecular weight is 188 g/mol. The van der Waals surface area contributed by atoms with Gasteiger partial charge in [-0.1, -0.05) is 0 Å². The summed E-state index contributed by atoms with van der Waals surface area (Å²) in [5, 5.41) is 16.6. The Balaban J connectivity index is 2.15. The number of hydrogen-bond acceptors (Lipinski definition) is 4. The van der Waals surface area contributed by atoms with E-state index < -0.39 is 0 Å². The van der Waals surface area contributed by atoms with Crippen LogP contribution in [0.2, 0.25) is 0 Å². The van der Waals surface area contributed by atoms with E-state index >= 15 is 0 Å². The zero-order valence-electron chi connectivity index (χ0n) is 7.62. The van der Waals surface area contributed by atoms with Crippen molar-refractivity contribution >= 4 is 0 Å². The van der Waals surface area contributed by atoms with Crippen LogP contribution in [0.5, 0.6) is 0 Å². The Labute approximate surface area is 80.4 Å². The van der Waals surface area contributed by atoms with Crippen molar-refractivity contribution in [2.45, 2.75) is 6.54 Å². The lowest BCUT2D eigenvalue weighted by Gasteiger charge is -1.94. The summed E-state index contributed by atoms with van der Waals surface area (Å²) < 4.78 is 3.30. The van der Waals surface area contributed by atoms with Crippen molar-refractivity contribution in [2.75, 3.05) is 0 Å². The van der Waals surface area contributed by atoms with E-state index in [1.807, 2.05) is 25.4 Å². The number of rotatable bonds is 2. The SMILES string of the molecule is Cn1ccc(Cn2cnc(C#N)n2)n1. The highest BCUT2D eigenvalue weighted by Gasteiger charge is 2.01. The predicted molar refractivity (Wildman–Crippen MR) is 47.0 cm³/mol. The molecule has 0 saturated heterocycles.